The minimum Gasteiger partial charge on any atom is -0.462 e. The standard InChI is InChI=1S/C74H144O6/c1-4-7-10-13-16-19-22-24-26-28-30-31-32-33-34-35-36-37-38-39-40-41-42-43-44-46-47-49-52-55-58-61-64-67-73(76)79-70-71(69-78-72(75)66-63-60-57-54-51-21-18-15-12-9-6-3)80-74(77)68-65-62-59-56-53-50-48-45-29-27-25-23-20-17-14-11-8-5-2/h71H,4-70H2,1-3H3. The molecule has 0 rings (SSSR count). The SMILES string of the molecule is CCCCCCCCCCCCCCCCCCCCCCCCCCCCCCCCCCCC(=O)OCC(COC(=O)CCCCCCCCCCCCC)OC(=O)CCCCCCCCCCCCCCCCCCCC. The fraction of sp³-hybridized carbons (Fsp3) is 0.959. The van der Waals surface area contributed by atoms with Gasteiger partial charge in [-0.3, -0.25) is 14.4 Å². The van der Waals surface area contributed by atoms with Gasteiger partial charge >= 0.3 is 17.9 Å². The lowest BCUT2D eigenvalue weighted by Gasteiger charge is -2.18. The Kier molecular flexibility index (Phi) is 68.5. The molecule has 0 fully saturated rings. The second-order valence-corrected chi connectivity index (χ2v) is 25.6. The van der Waals surface area contributed by atoms with E-state index in [1.807, 2.05) is 0 Å². The summed E-state index contributed by atoms with van der Waals surface area (Å²) in [6.45, 7) is 6.73. The Bertz CT molecular complexity index is 1200. The third-order valence-electron chi connectivity index (χ3n) is 17.4. The van der Waals surface area contributed by atoms with E-state index in [-0.39, 0.29) is 31.1 Å². The molecule has 6 nitrogen and oxygen atoms in total. The highest BCUT2D eigenvalue weighted by Gasteiger charge is 2.20. The lowest BCUT2D eigenvalue weighted by Crippen LogP contribution is -2.30. The van der Waals surface area contributed by atoms with Crippen molar-refractivity contribution in [2.45, 2.75) is 444 Å². The molecule has 0 heterocycles. The molecule has 476 valence electrons. The largest absolute Gasteiger partial charge is 0.462 e. The molecule has 1 unspecified atom stereocenters. The zero-order valence-electron chi connectivity index (χ0n) is 54.9. The van der Waals surface area contributed by atoms with Crippen LogP contribution in [-0.2, 0) is 28.6 Å². The van der Waals surface area contributed by atoms with E-state index in [0.717, 1.165) is 57.8 Å². The monoisotopic (exact) mass is 1130 g/mol. The molecule has 0 bridgehead atoms. The molecule has 0 aromatic carbocycles. The van der Waals surface area contributed by atoms with Gasteiger partial charge in [-0.1, -0.05) is 400 Å². The van der Waals surface area contributed by atoms with Crippen molar-refractivity contribution in [3.8, 4) is 0 Å². The van der Waals surface area contributed by atoms with Crippen LogP contribution in [0.1, 0.15) is 438 Å². The van der Waals surface area contributed by atoms with Crippen molar-refractivity contribution < 1.29 is 28.6 Å². The summed E-state index contributed by atoms with van der Waals surface area (Å²) >= 11 is 0. The number of unbranched alkanes of at least 4 members (excludes halogenated alkanes) is 59. The number of carbonyl (C=O) groups excluding carboxylic acids is 3. The van der Waals surface area contributed by atoms with Gasteiger partial charge in [-0.25, -0.2) is 0 Å². The average molecular weight is 1130 g/mol. The summed E-state index contributed by atoms with van der Waals surface area (Å²) in [4.78, 5) is 38.3. The zero-order chi connectivity index (χ0) is 57.8. The van der Waals surface area contributed by atoms with Crippen molar-refractivity contribution in [2.24, 2.45) is 0 Å². The van der Waals surface area contributed by atoms with E-state index in [2.05, 4.69) is 20.8 Å². The van der Waals surface area contributed by atoms with Crippen LogP contribution in [0.5, 0.6) is 0 Å². The van der Waals surface area contributed by atoms with Gasteiger partial charge in [0.15, 0.2) is 6.10 Å². The van der Waals surface area contributed by atoms with Crippen molar-refractivity contribution in [2.75, 3.05) is 13.2 Å². The summed E-state index contributed by atoms with van der Waals surface area (Å²) in [5.41, 5.74) is 0. The normalized spacial score (nSPS) is 11.9. The van der Waals surface area contributed by atoms with Crippen LogP contribution in [0, 0.1) is 0 Å². The Morgan fingerprint density at radius 1 is 0.200 bits per heavy atom. The molecular weight excluding hydrogens is 985 g/mol. The first-order valence-corrected chi connectivity index (χ1v) is 37.0. The quantitative estimate of drug-likeness (QED) is 0.0343. The Hall–Kier alpha value is -1.59. The molecule has 80 heavy (non-hydrogen) atoms. The van der Waals surface area contributed by atoms with Crippen LogP contribution in [-0.4, -0.2) is 37.2 Å². The molecule has 0 aromatic rings. The van der Waals surface area contributed by atoms with Crippen molar-refractivity contribution in [1.82, 2.24) is 0 Å². The highest BCUT2D eigenvalue weighted by molar-refractivity contribution is 5.71. The van der Waals surface area contributed by atoms with Gasteiger partial charge in [0.25, 0.3) is 0 Å². The number of hydrogen-bond donors (Lipinski definition) is 0. The zero-order valence-corrected chi connectivity index (χ0v) is 54.9. The van der Waals surface area contributed by atoms with Crippen LogP contribution in [0.2, 0.25) is 0 Å². The van der Waals surface area contributed by atoms with Gasteiger partial charge in [0.2, 0.25) is 0 Å². The van der Waals surface area contributed by atoms with E-state index in [0.29, 0.717) is 19.3 Å². The Morgan fingerprint density at radius 2 is 0.338 bits per heavy atom. The van der Waals surface area contributed by atoms with Crippen LogP contribution in [0.4, 0.5) is 0 Å². The molecule has 0 spiro atoms. The van der Waals surface area contributed by atoms with E-state index in [9.17, 15) is 14.4 Å². The van der Waals surface area contributed by atoms with E-state index < -0.39 is 6.10 Å². The van der Waals surface area contributed by atoms with Gasteiger partial charge in [0.1, 0.15) is 13.2 Å². The van der Waals surface area contributed by atoms with E-state index in [1.54, 1.807) is 0 Å². The lowest BCUT2D eigenvalue weighted by molar-refractivity contribution is -0.167. The van der Waals surface area contributed by atoms with Crippen LogP contribution in [0.3, 0.4) is 0 Å². The molecule has 1 atom stereocenters. The molecular formula is C74H144O6. The smallest absolute Gasteiger partial charge is 0.306 e. The van der Waals surface area contributed by atoms with Gasteiger partial charge < -0.3 is 14.2 Å². The summed E-state index contributed by atoms with van der Waals surface area (Å²) in [5, 5.41) is 0. The summed E-state index contributed by atoms with van der Waals surface area (Å²) in [6, 6.07) is 0. The molecule has 0 aliphatic carbocycles. The number of esters is 3. The van der Waals surface area contributed by atoms with Gasteiger partial charge in [-0.05, 0) is 19.3 Å². The fourth-order valence-corrected chi connectivity index (χ4v) is 11.8. The maximum absolute atomic E-state index is 12.9. The van der Waals surface area contributed by atoms with Crippen molar-refractivity contribution in [3.63, 3.8) is 0 Å². The summed E-state index contributed by atoms with van der Waals surface area (Å²) in [6.07, 6.45) is 83.1. The Labute approximate surface area is 501 Å². The Morgan fingerprint density at radius 3 is 0.500 bits per heavy atom. The first-order valence-electron chi connectivity index (χ1n) is 37.0. The minimum absolute atomic E-state index is 0.0604. The molecule has 0 aromatic heterocycles. The van der Waals surface area contributed by atoms with Crippen LogP contribution < -0.4 is 0 Å². The van der Waals surface area contributed by atoms with E-state index >= 15 is 0 Å². The van der Waals surface area contributed by atoms with Crippen molar-refractivity contribution in [3.05, 3.63) is 0 Å². The van der Waals surface area contributed by atoms with Crippen LogP contribution >= 0.6 is 0 Å². The second kappa shape index (κ2) is 69.9. The molecule has 0 saturated heterocycles. The molecule has 0 N–H and O–H groups in total. The van der Waals surface area contributed by atoms with Gasteiger partial charge in [-0.15, -0.1) is 0 Å². The summed E-state index contributed by atoms with van der Waals surface area (Å²) in [7, 11) is 0. The van der Waals surface area contributed by atoms with Gasteiger partial charge in [-0.2, -0.15) is 0 Å². The number of carbonyl (C=O) groups is 3. The predicted octanol–water partition coefficient (Wildman–Crippen LogP) is 25.4. The molecule has 0 aliphatic rings. The molecule has 0 radical (unpaired) electrons. The van der Waals surface area contributed by atoms with Gasteiger partial charge in [0, 0.05) is 19.3 Å². The minimum atomic E-state index is -0.763. The average Bonchev–Trinajstić information content (AvgIpc) is 3.46. The molecule has 0 aliphatic heterocycles. The van der Waals surface area contributed by atoms with Crippen LogP contribution in [0.15, 0.2) is 0 Å². The lowest BCUT2D eigenvalue weighted by atomic mass is 10.0. The topological polar surface area (TPSA) is 78.9 Å². The van der Waals surface area contributed by atoms with Crippen molar-refractivity contribution >= 4 is 17.9 Å². The fourth-order valence-electron chi connectivity index (χ4n) is 11.8. The van der Waals surface area contributed by atoms with E-state index in [1.165, 1.54) is 340 Å². The summed E-state index contributed by atoms with van der Waals surface area (Å²) in [5.74, 6) is -0.823. The first-order chi connectivity index (χ1) is 39.5. The number of ether oxygens (including phenoxy) is 3. The number of hydrogen-bond acceptors (Lipinski definition) is 6. The van der Waals surface area contributed by atoms with Crippen LogP contribution in [0.25, 0.3) is 0 Å². The van der Waals surface area contributed by atoms with E-state index in [4.69, 9.17) is 14.2 Å². The van der Waals surface area contributed by atoms with Crippen molar-refractivity contribution in [1.29, 1.82) is 0 Å². The maximum Gasteiger partial charge on any atom is 0.306 e. The summed E-state index contributed by atoms with van der Waals surface area (Å²) < 4.78 is 17.0. The predicted molar refractivity (Wildman–Crippen MR) is 349 cm³/mol. The highest BCUT2D eigenvalue weighted by atomic mass is 16.6. The molecule has 0 amide bonds. The molecule has 6 heteroatoms. The molecule has 0 saturated carbocycles. The maximum atomic E-state index is 12.9. The first kappa shape index (κ1) is 78.4. The third-order valence-corrected chi connectivity index (χ3v) is 17.4. The van der Waals surface area contributed by atoms with Gasteiger partial charge in [0.05, 0.1) is 0 Å². The third kappa shape index (κ3) is 67.2. The number of rotatable bonds is 70. The highest BCUT2D eigenvalue weighted by Crippen LogP contribution is 2.20. The second-order valence-electron chi connectivity index (χ2n) is 25.6. The Balaban J connectivity index is 4.02.